The van der Waals surface area contributed by atoms with Crippen LogP contribution in [0.25, 0.3) is 5.69 Å². The van der Waals surface area contributed by atoms with Crippen LogP contribution in [0.15, 0.2) is 30.3 Å². The van der Waals surface area contributed by atoms with Crippen molar-refractivity contribution in [3.05, 3.63) is 47.3 Å². The molecule has 1 fully saturated rings. The summed E-state index contributed by atoms with van der Waals surface area (Å²) in [6.45, 7) is 7.52. The number of aliphatic hydroxyl groups is 1. The first kappa shape index (κ1) is 14.3. The van der Waals surface area contributed by atoms with Crippen LogP contribution in [-0.4, -0.2) is 39.5 Å². The number of hydrogen-bond donors (Lipinski definition) is 1. The molecule has 2 aromatic rings. The van der Waals surface area contributed by atoms with Crippen molar-refractivity contribution in [3.8, 4) is 5.69 Å². The lowest BCUT2D eigenvalue weighted by atomic mass is 10.1. The van der Waals surface area contributed by atoms with Crippen molar-refractivity contribution < 1.29 is 5.11 Å². The van der Waals surface area contributed by atoms with Crippen molar-refractivity contribution in [2.75, 3.05) is 19.7 Å². The van der Waals surface area contributed by atoms with Crippen molar-refractivity contribution in [2.24, 2.45) is 5.92 Å². The topological polar surface area (TPSA) is 41.3 Å². The molecule has 0 amide bonds. The molecule has 1 aromatic carbocycles. The van der Waals surface area contributed by atoms with E-state index in [1.807, 2.05) is 22.9 Å². The van der Waals surface area contributed by atoms with Gasteiger partial charge in [-0.25, -0.2) is 4.68 Å². The molecule has 4 heteroatoms. The molecule has 112 valence electrons. The Hall–Kier alpha value is -1.65. The van der Waals surface area contributed by atoms with Crippen LogP contribution in [0.2, 0.25) is 0 Å². The lowest BCUT2D eigenvalue weighted by Crippen LogP contribution is -2.21. The minimum Gasteiger partial charge on any atom is -0.396 e. The van der Waals surface area contributed by atoms with E-state index in [0.717, 1.165) is 37.4 Å². The summed E-state index contributed by atoms with van der Waals surface area (Å²) < 4.78 is 2.03. The number of benzene rings is 1. The fourth-order valence-corrected chi connectivity index (χ4v) is 3.15. The molecule has 1 N–H and O–H groups in total. The molecule has 2 heterocycles. The Labute approximate surface area is 126 Å². The van der Waals surface area contributed by atoms with Gasteiger partial charge in [0.15, 0.2) is 0 Å². The molecular formula is C17H23N3O. The minimum absolute atomic E-state index is 0.303. The van der Waals surface area contributed by atoms with E-state index < -0.39 is 0 Å². The molecule has 0 bridgehead atoms. The van der Waals surface area contributed by atoms with Gasteiger partial charge in [-0.05, 0) is 44.9 Å². The maximum Gasteiger partial charge on any atom is 0.0648 e. The molecule has 0 saturated carbocycles. The van der Waals surface area contributed by atoms with Gasteiger partial charge in [-0.3, -0.25) is 4.90 Å². The Kier molecular flexibility index (Phi) is 4.08. The molecule has 1 aliphatic heterocycles. The summed E-state index contributed by atoms with van der Waals surface area (Å²) in [4.78, 5) is 2.42. The van der Waals surface area contributed by atoms with Crippen molar-refractivity contribution in [2.45, 2.75) is 26.8 Å². The van der Waals surface area contributed by atoms with Gasteiger partial charge in [0.1, 0.15) is 0 Å². The number of hydrogen-bond acceptors (Lipinski definition) is 3. The zero-order valence-electron chi connectivity index (χ0n) is 12.8. The molecule has 1 unspecified atom stereocenters. The second-order valence-electron chi connectivity index (χ2n) is 5.97. The van der Waals surface area contributed by atoms with E-state index in [-0.39, 0.29) is 0 Å². The Balaban J connectivity index is 1.82. The summed E-state index contributed by atoms with van der Waals surface area (Å²) in [5.41, 5.74) is 4.74. The fraction of sp³-hybridized carbons (Fsp3) is 0.471. The largest absolute Gasteiger partial charge is 0.396 e. The Morgan fingerprint density at radius 1 is 1.24 bits per heavy atom. The first-order valence-corrected chi connectivity index (χ1v) is 7.62. The average molecular weight is 285 g/mol. The fourth-order valence-electron chi connectivity index (χ4n) is 3.15. The molecule has 4 nitrogen and oxygen atoms in total. The van der Waals surface area contributed by atoms with Gasteiger partial charge >= 0.3 is 0 Å². The number of aliphatic hydroxyl groups excluding tert-OH is 1. The van der Waals surface area contributed by atoms with Crippen molar-refractivity contribution >= 4 is 0 Å². The highest BCUT2D eigenvalue weighted by Crippen LogP contribution is 2.23. The first-order chi connectivity index (χ1) is 10.2. The highest BCUT2D eigenvalue weighted by molar-refractivity contribution is 5.36. The molecule has 1 atom stereocenters. The zero-order valence-corrected chi connectivity index (χ0v) is 12.8. The summed E-state index contributed by atoms with van der Waals surface area (Å²) in [6.07, 6.45) is 1.10. The van der Waals surface area contributed by atoms with Gasteiger partial charge in [-0.1, -0.05) is 18.2 Å². The molecule has 0 spiro atoms. The third-order valence-electron chi connectivity index (χ3n) is 4.45. The van der Waals surface area contributed by atoms with Crippen LogP contribution >= 0.6 is 0 Å². The quantitative estimate of drug-likeness (QED) is 0.937. The first-order valence-electron chi connectivity index (χ1n) is 7.62. The highest BCUT2D eigenvalue weighted by Gasteiger charge is 2.24. The van der Waals surface area contributed by atoms with E-state index in [1.165, 1.54) is 11.3 Å². The summed E-state index contributed by atoms with van der Waals surface area (Å²) in [5, 5.41) is 14.0. The van der Waals surface area contributed by atoms with Crippen molar-refractivity contribution in [1.82, 2.24) is 14.7 Å². The third kappa shape index (κ3) is 2.87. The standard InChI is InChI=1S/C17H23N3O/c1-13-17(11-19-9-8-15(10-19)12-21)14(2)20(18-13)16-6-4-3-5-7-16/h3-7,15,21H,8-12H2,1-2H3. The predicted molar refractivity (Wildman–Crippen MR) is 83.5 cm³/mol. The summed E-state index contributed by atoms with van der Waals surface area (Å²) in [7, 11) is 0. The molecule has 1 aliphatic rings. The number of likely N-dealkylation sites (tertiary alicyclic amines) is 1. The van der Waals surface area contributed by atoms with Crippen LogP contribution in [0.1, 0.15) is 23.4 Å². The molecule has 1 aromatic heterocycles. The van der Waals surface area contributed by atoms with E-state index in [9.17, 15) is 5.11 Å². The number of aryl methyl sites for hydroxylation is 1. The molecule has 1 saturated heterocycles. The molecular weight excluding hydrogens is 262 g/mol. The summed E-state index contributed by atoms with van der Waals surface area (Å²) in [6, 6.07) is 10.3. The van der Waals surface area contributed by atoms with Crippen molar-refractivity contribution in [1.29, 1.82) is 0 Å². The van der Waals surface area contributed by atoms with Gasteiger partial charge in [0, 0.05) is 31.0 Å². The van der Waals surface area contributed by atoms with E-state index in [1.54, 1.807) is 0 Å². The monoisotopic (exact) mass is 285 g/mol. The highest BCUT2D eigenvalue weighted by atomic mass is 16.3. The van der Waals surface area contributed by atoms with Gasteiger partial charge in [0.25, 0.3) is 0 Å². The smallest absolute Gasteiger partial charge is 0.0648 e. The number of aromatic nitrogens is 2. The molecule has 3 rings (SSSR count). The van der Waals surface area contributed by atoms with Gasteiger partial charge in [-0.2, -0.15) is 5.10 Å². The maximum absolute atomic E-state index is 9.27. The predicted octanol–water partition coefficient (Wildman–Crippen LogP) is 2.30. The number of rotatable bonds is 4. The lowest BCUT2D eigenvalue weighted by molar-refractivity contribution is 0.220. The second kappa shape index (κ2) is 6.00. The molecule has 0 aliphatic carbocycles. The van der Waals surface area contributed by atoms with Crippen LogP contribution in [0.4, 0.5) is 0 Å². The lowest BCUT2D eigenvalue weighted by Gasteiger charge is -2.16. The van der Waals surface area contributed by atoms with Crippen LogP contribution < -0.4 is 0 Å². The van der Waals surface area contributed by atoms with Crippen LogP contribution in [-0.2, 0) is 6.54 Å². The van der Waals surface area contributed by atoms with Gasteiger partial charge in [0.05, 0.1) is 11.4 Å². The third-order valence-corrected chi connectivity index (χ3v) is 4.45. The van der Waals surface area contributed by atoms with E-state index in [2.05, 4.69) is 30.9 Å². The summed E-state index contributed by atoms with van der Waals surface area (Å²) >= 11 is 0. The van der Waals surface area contributed by atoms with Crippen LogP contribution in [0.3, 0.4) is 0 Å². The van der Waals surface area contributed by atoms with Gasteiger partial charge < -0.3 is 5.11 Å². The van der Waals surface area contributed by atoms with E-state index in [0.29, 0.717) is 12.5 Å². The SMILES string of the molecule is Cc1nn(-c2ccccc2)c(C)c1CN1CCC(CO)C1. The molecule has 0 radical (unpaired) electrons. The molecule has 21 heavy (non-hydrogen) atoms. The van der Waals surface area contributed by atoms with E-state index in [4.69, 9.17) is 5.10 Å². The van der Waals surface area contributed by atoms with Gasteiger partial charge in [-0.15, -0.1) is 0 Å². The van der Waals surface area contributed by atoms with E-state index >= 15 is 0 Å². The van der Waals surface area contributed by atoms with Crippen LogP contribution in [0, 0.1) is 19.8 Å². The normalized spacial score (nSPS) is 19.3. The van der Waals surface area contributed by atoms with Crippen LogP contribution in [0.5, 0.6) is 0 Å². The zero-order chi connectivity index (χ0) is 14.8. The maximum atomic E-state index is 9.27. The second-order valence-corrected chi connectivity index (χ2v) is 5.97. The number of para-hydroxylation sites is 1. The Bertz CT molecular complexity index is 606. The Morgan fingerprint density at radius 2 is 2.00 bits per heavy atom. The average Bonchev–Trinajstić information content (AvgIpc) is 3.08. The van der Waals surface area contributed by atoms with Crippen molar-refractivity contribution in [3.63, 3.8) is 0 Å². The summed E-state index contributed by atoms with van der Waals surface area (Å²) in [5.74, 6) is 0.440. The Morgan fingerprint density at radius 3 is 2.67 bits per heavy atom. The van der Waals surface area contributed by atoms with Gasteiger partial charge in [0.2, 0.25) is 0 Å². The minimum atomic E-state index is 0.303. The number of nitrogens with zero attached hydrogens (tertiary/aromatic N) is 3.